The van der Waals surface area contributed by atoms with Crippen LogP contribution in [0.3, 0.4) is 0 Å². The maximum Gasteiger partial charge on any atom is 0.163 e. The van der Waals surface area contributed by atoms with Gasteiger partial charge in [-0.25, -0.2) is 8.78 Å². The summed E-state index contributed by atoms with van der Waals surface area (Å²) < 4.78 is 27.2. The molecule has 2 N–H and O–H groups in total. The van der Waals surface area contributed by atoms with Crippen molar-refractivity contribution in [3.8, 4) is 0 Å². The summed E-state index contributed by atoms with van der Waals surface area (Å²) in [5.74, 6) is -0.661. The van der Waals surface area contributed by atoms with E-state index >= 15 is 0 Å². The summed E-state index contributed by atoms with van der Waals surface area (Å²) in [7, 11) is 1.92. The summed E-state index contributed by atoms with van der Waals surface area (Å²) >= 11 is 1.74. The van der Waals surface area contributed by atoms with E-state index in [0.717, 1.165) is 18.2 Å². The normalized spacial score (nSPS) is 14.7. The minimum absolute atomic E-state index is 0.266. The Morgan fingerprint density at radius 1 is 1.37 bits per heavy atom. The van der Waals surface area contributed by atoms with Gasteiger partial charge in [-0.15, -0.1) is 0 Å². The van der Waals surface area contributed by atoms with Crippen LogP contribution in [0.2, 0.25) is 0 Å². The van der Waals surface area contributed by atoms with Crippen LogP contribution in [0.4, 0.5) is 8.78 Å². The predicted octanol–water partition coefficient (Wildman–Crippen LogP) is 3.04. The molecule has 1 aromatic rings. The Kier molecular flexibility index (Phi) is 6.75. The van der Waals surface area contributed by atoms with E-state index in [1.165, 1.54) is 6.07 Å². The van der Waals surface area contributed by atoms with Crippen molar-refractivity contribution >= 4 is 11.8 Å². The molecule has 0 radical (unpaired) electrons. The van der Waals surface area contributed by atoms with Crippen LogP contribution in [-0.2, 0) is 0 Å². The molecule has 108 valence electrons. The second-order valence-corrected chi connectivity index (χ2v) is 5.49. The molecular formula is C14H22F2N2S. The van der Waals surface area contributed by atoms with Crippen molar-refractivity contribution in [3.05, 3.63) is 35.4 Å². The van der Waals surface area contributed by atoms with Crippen LogP contribution in [0.1, 0.15) is 24.9 Å². The molecule has 1 rings (SSSR count). The summed E-state index contributed by atoms with van der Waals surface area (Å²) in [6, 6.07) is 4.27. The molecule has 2 atom stereocenters. The van der Waals surface area contributed by atoms with E-state index < -0.39 is 11.6 Å². The first kappa shape index (κ1) is 16.4. The maximum absolute atomic E-state index is 13.9. The highest BCUT2D eigenvalue weighted by Gasteiger charge is 2.25. The second-order valence-electron chi connectivity index (χ2n) is 4.58. The zero-order valence-corrected chi connectivity index (χ0v) is 12.5. The van der Waals surface area contributed by atoms with Gasteiger partial charge in [0.15, 0.2) is 11.6 Å². The summed E-state index contributed by atoms with van der Waals surface area (Å²) in [5, 5.41) is 0. The van der Waals surface area contributed by atoms with E-state index in [-0.39, 0.29) is 12.6 Å². The predicted molar refractivity (Wildman–Crippen MR) is 78.4 cm³/mol. The highest BCUT2D eigenvalue weighted by Crippen LogP contribution is 2.26. The molecule has 5 heteroatoms. The smallest absolute Gasteiger partial charge is 0.163 e. The molecule has 0 aliphatic rings. The van der Waals surface area contributed by atoms with Crippen LogP contribution in [0.5, 0.6) is 0 Å². The average molecular weight is 288 g/mol. The Balaban J connectivity index is 3.02. The monoisotopic (exact) mass is 288 g/mol. The van der Waals surface area contributed by atoms with Crippen molar-refractivity contribution in [2.75, 3.05) is 25.6 Å². The minimum atomic E-state index is -0.817. The van der Waals surface area contributed by atoms with E-state index in [0.29, 0.717) is 11.6 Å². The molecule has 0 saturated carbocycles. The van der Waals surface area contributed by atoms with Gasteiger partial charge in [-0.3, -0.25) is 4.90 Å². The fourth-order valence-corrected chi connectivity index (χ4v) is 3.12. The van der Waals surface area contributed by atoms with Gasteiger partial charge in [0.05, 0.1) is 6.04 Å². The molecule has 0 bridgehead atoms. The fourth-order valence-electron chi connectivity index (χ4n) is 2.26. The standard InChI is InChI=1S/C14H22F2N2S/c1-4-10(9-19-3)18(2)13(8-17)11-6-5-7-12(15)14(11)16/h5-7,10,13H,4,8-9,17H2,1-3H3. The van der Waals surface area contributed by atoms with Gasteiger partial charge in [0.1, 0.15) is 0 Å². The number of halogens is 2. The quantitative estimate of drug-likeness (QED) is 0.836. The Labute approximate surface area is 118 Å². The van der Waals surface area contributed by atoms with E-state index in [9.17, 15) is 8.78 Å². The van der Waals surface area contributed by atoms with Gasteiger partial charge in [-0.2, -0.15) is 11.8 Å². The lowest BCUT2D eigenvalue weighted by atomic mass is 10.0. The number of thioether (sulfide) groups is 1. The van der Waals surface area contributed by atoms with E-state index in [2.05, 4.69) is 6.92 Å². The average Bonchev–Trinajstić information content (AvgIpc) is 2.41. The number of likely N-dealkylation sites (N-methyl/N-ethyl adjacent to an activating group) is 1. The fraction of sp³-hybridized carbons (Fsp3) is 0.571. The molecule has 2 nitrogen and oxygen atoms in total. The van der Waals surface area contributed by atoms with Gasteiger partial charge < -0.3 is 5.73 Å². The Morgan fingerprint density at radius 2 is 2.05 bits per heavy atom. The molecule has 0 amide bonds. The number of nitrogens with zero attached hydrogens (tertiary/aromatic N) is 1. The summed E-state index contributed by atoms with van der Waals surface area (Å²) in [4.78, 5) is 2.05. The van der Waals surface area contributed by atoms with Crippen LogP contribution < -0.4 is 5.73 Å². The zero-order valence-electron chi connectivity index (χ0n) is 11.7. The molecular weight excluding hydrogens is 266 g/mol. The molecule has 0 spiro atoms. The van der Waals surface area contributed by atoms with E-state index in [4.69, 9.17) is 5.73 Å². The number of rotatable bonds is 7. The first-order valence-electron chi connectivity index (χ1n) is 6.41. The zero-order chi connectivity index (χ0) is 14.4. The minimum Gasteiger partial charge on any atom is -0.329 e. The molecule has 2 unspecified atom stereocenters. The Morgan fingerprint density at radius 3 is 2.58 bits per heavy atom. The maximum atomic E-state index is 13.9. The third kappa shape index (κ3) is 3.91. The molecule has 0 aromatic heterocycles. The molecule has 0 aliphatic carbocycles. The van der Waals surface area contributed by atoms with E-state index in [1.54, 1.807) is 17.8 Å². The molecule has 0 fully saturated rings. The van der Waals surface area contributed by atoms with Crippen LogP contribution in [0.25, 0.3) is 0 Å². The largest absolute Gasteiger partial charge is 0.329 e. The number of hydrogen-bond donors (Lipinski definition) is 1. The number of benzene rings is 1. The summed E-state index contributed by atoms with van der Waals surface area (Å²) in [6.45, 7) is 2.36. The second kappa shape index (κ2) is 7.82. The first-order valence-corrected chi connectivity index (χ1v) is 7.81. The third-order valence-corrected chi connectivity index (χ3v) is 4.18. The van der Waals surface area contributed by atoms with Crippen molar-refractivity contribution in [1.29, 1.82) is 0 Å². The van der Waals surface area contributed by atoms with E-state index in [1.807, 2.05) is 18.2 Å². The van der Waals surface area contributed by atoms with Crippen LogP contribution >= 0.6 is 11.8 Å². The van der Waals surface area contributed by atoms with Crippen LogP contribution in [-0.4, -0.2) is 36.5 Å². The number of nitrogens with two attached hydrogens (primary N) is 1. The van der Waals surface area contributed by atoms with Crippen LogP contribution in [0, 0.1) is 11.6 Å². The highest BCUT2D eigenvalue weighted by atomic mass is 32.2. The summed E-state index contributed by atoms with van der Waals surface area (Å²) in [6.07, 6.45) is 2.99. The van der Waals surface area contributed by atoms with Gasteiger partial charge in [0, 0.05) is 23.9 Å². The molecule has 0 aliphatic heterocycles. The molecule has 19 heavy (non-hydrogen) atoms. The Bertz CT molecular complexity index is 401. The summed E-state index contributed by atoms with van der Waals surface area (Å²) in [5.41, 5.74) is 6.11. The lowest BCUT2D eigenvalue weighted by Crippen LogP contribution is -2.40. The SMILES string of the molecule is CCC(CSC)N(C)C(CN)c1cccc(F)c1F. The van der Waals surface area contributed by atoms with Gasteiger partial charge in [0.2, 0.25) is 0 Å². The van der Waals surface area contributed by atoms with Gasteiger partial charge in [0.25, 0.3) is 0 Å². The molecule has 1 aromatic carbocycles. The topological polar surface area (TPSA) is 29.3 Å². The van der Waals surface area contributed by atoms with Gasteiger partial charge >= 0.3 is 0 Å². The van der Waals surface area contributed by atoms with Crippen LogP contribution in [0.15, 0.2) is 18.2 Å². The van der Waals surface area contributed by atoms with Crippen molar-refractivity contribution in [2.45, 2.75) is 25.4 Å². The third-order valence-electron chi connectivity index (χ3n) is 3.46. The molecule has 0 heterocycles. The number of hydrogen-bond acceptors (Lipinski definition) is 3. The highest BCUT2D eigenvalue weighted by molar-refractivity contribution is 7.98. The van der Waals surface area contributed by atoms with Gasteiger partial charge in [-0.1, -0.05) is 19.1 Å². The first-order chi connectivity index (χ1) is 9.06. The Hall–Kier alpha value is -0.650. The lowest BCUT2D eigenvalue weighted by molar-refractivity contribution is 0.183. The van der Waals surface area contributed by atoms with Crippen molar-refractivity contribution in [1.82, 2.24) is 4.90 Å². The van der Waals surface area contributed by atoms with Crippen molar-refractivity contribution in [2.24, 2.45) is 5.73 Å². The molecule has 0 saturated heterocycles. The lowest BCUT2D eigenvalue weighted by Gasteiger charge is -2.34. The van der Waals surface area contributed by atoms with Crippen molar-refractivity contribution in [3.63, 3.8) is 0 Å². The van der Waals surface area contributed by atoms with Gasteiger partial charge in [-0.05, 0) is 25.8 Å². The van der Waals surface area contributed by atoms with Crippen molar-refractivity contribution < 1.29 is 8.78 Å².